The number of piperidine rings is 1. The summed E-state index contributed by atoms with van der Waals surface area (Å²) in [6.07, 6.45) is 2.66. The van der Waals surface area contributed by atoms with E-state index in [1.807, 2.05) is 0 Å². The van der Waals surface area contributed by atoms with Crippen LogP contribution in [-0.4, -0.2) is 74.0 Å². The molecule has 0 aromatic carbocycles. The van der Waals surface area contributed by atoms with Gasteiger partial charge in [-0.25, -0.2) is 0 Å². The quantitative estimate of drug-likeness (QED) is 0.739. The van der Waals surface area contributed by atoms with Crippen LogP contribution in [-0.2, 0) is 4.74 Å². The van der Waals surface area contributed by atoms with Crippen LogP contribution >= 0.6 is 0 Å². The van der Waals surface area contributed by atoms with Crippen molar-refractivity contribution in [2.75, 3.05) is 53.0 Å². The lowest BCUT2D eigenvalue weighted by molar-refractivity contribution is -0.0402. The average molecular weight is 228 g/mol. The lowest BCUT2D eigenvalue weighted by Gasteiger charge is -2.36. The molecule has 2 saturated heterocycles. The van der Waals surface area contributed by atoms with Crippen molar-refractivity contribution in [3.63, 3.8) is 0 Å². The molecular weight excluding hydrogens is 204 g/mol. The fourth-order valence-corrected chi connectivity index (χ4v) is 2.62. The molecule has 2 aliphatic heterocycles. The molecule has 0 saturated carbocycles. The predicted molar refractivity (Wildman–Crippen MR) is 63.5 cm³/mol. The van der Waals surface area contributed by atoms with Gasteiger partial charge in [-0.15, -0.1) is 0 Å². The Bertz CT molecular complexity index is 205. The third-order valence-electron chi connectivity index (χ3n) is 3.77. The number of nitrogens with zero attached hydrogens (tertiary/aromatic N) is 2. The highest BCUT2D eigenvalue weighted by Crippen LogP contribution is 2.17. The van der Waals surface area contributed by atoms with E-state index in [1.54, 1.807) is 0 Å². The maximum atomic E-state index is 9.08. The maximum Gasteiger partial charge on any atom is 0.0829 e. The largest absolute Gasteiger partial charge is 0.396 e. The van der Waals surface area contributed by atoms with Crippen molar-refractivity contribution in [2.45, 2.75) is 18.9 Å². The number of likely N-dealkylation sites (N-methyl/N-ethyl adjacent to an activating group) is 1. The van der Waals surface area contributed by atoms with Gasteiger partial charge in [0.25, 0.3) is 0 Å². The van der Waals surface area contributed by atoms with Crippen molar-refractivity contribution in [3.8, 4) is 0 Å². The molecule has 2 rings (SSSR count). The summed E-state index contributed by atoms with van der Waals surface area (Å²) in [4.78, 5) is 4.82. The van der Waals surface area contributed by atoms with E-state index in [1.165, 1.54) is 0 Å². The van der Waals surface area contributed by atoms with Crippen LogP contribution in [0.4, 0.5) is 0 Å². The summed E-state index contributed by atoms with van der Waals surface area (Å²) in [5, 5.41) is 9.08. The SMILES string of the molecule is CN1CCOC(CN2CCC(CO)CC2)C1. The Morgan fingerprint density at radius 1 is 1.25 bits per heavy atom. The Morgan fingerprint density at radius 2 is 2.00 bits per heavy atom. The minimum atomic E-state index is 0.358. The molecule has 94 valence electrons. The van der Waals surface area contributed by atoms with Crippen molar-refractivity contribution in [3.05, 3.63) is 0 Å². The van der Waals surface area contributed by atoms with Crippen LogP contribution in [0.5, 0.6) is 0 Å². The Hall–Kier alpha value is -0.160. The minimum Gasteiger partial charge on any atom is -0.396 e. The first-order valence-corrected chi connectivity index (χ1v) is 6.41. The van der Waals surface area contributed by atoms with Gasteiger partial charge < -0.3 is 19.6 Å². The lowest BCUT2D eigenvalue weighted by Crippen LogP contribution is -2.47. The van der Waals surface area contributed by atoms with Gasteiger partial charge in [-0.2, -0.15) is 0 Å². The molecule has 0 radical (unpaired) electrons. The fraction of sp³-hybridized carbons (Fsp3) is 1.00. The van der Waals surface area contributed by atoms with E-state index >= 15 is 0 Å². The van der Waals surface area contributed by atoms with Crippen molar-refractivity contribution in [2.24, 2.45) is 5.92 Å². The predicted octanol–water partition coefficient (Wildman–Crippen LogP) is 0.0213. The first kappa shape index (κ1) is 12.3. The van der Waals surface area contributed by atoms with E-state index in [0.717, 1.165) is 52.2 Å². The summed E-state index contributed by atoms with van der Waals surface area (Å²) in [6, 6.07) is 0. The van der Waals surface area contributed by atoms with E-state index < -0.39 is 0 Å². The van der Waals surface area contributed by atoms with Crippen LogP contribution in [0.3, 0.4) is 0 Å². The van der Waals surface area contributed by atoms with Gasteiger partial charge in [0.1, 0.15) is 0 Å². The molecule has 0 spiro atoms. The van der Waals surface area contributed by atoms with Gasteiger partial charge in [0, 0.05) is 26.2 Å². The Labute approximate surface area is 98.2 Å². The summed E-state index contributed by atoms with van der Waals surface area (Å²) < 4.78 is 5.77. The zero-order valence-corrected chi connectivity index (χ0v) is 10.3. The third kappa shape index (κ3) is 3.42. The van der Waals surface area contributed by atoms with Crippen LogP contribution in [0, 0.1) is 5.92 Å². The zero-order valence-electron chi connectivity index (χ0n) is 10.3. The number of ether oxygens (including phenoxy) is 1. The molecule has 2 heterocycles. The normalized spacial score (nSPS) is 30.8. The first-order chi connectivity index (χ1) is 7.78. The van der Waals surface area contributed by atoms with E-state index in [2.05, 4.69) is 16.8 Å². The van der Waals surface area contributed by atoms with Crippen LogP contribution in [0.2, 0.25) is 0 Å². The van der Waals surface area contributed by atoms with Gasteiger partial charge in [0.2, 0.25) is 0 Å². The topological polar surface area (TPSA) is 35.9 Å². The maximum absolute atomic E-state index is 9.08. The molecule has 0 aromatic heterocycles. The highest BCUT2D eigenvalue weighted by molar-refractivity contribution is 4.77. The van der Waals surface area contributed by atoms with Crippen molar-refractivity contribution in [1.29, 1.82) is 0 Å². The number of hydrogen-bond acceptors (Lipinski definition) is 4. The smallest absolute Gasteiger partial charge is 0.0829 e. The molecule has 0 aromatic rings. The molecule has 4 nitrogen and oxygen atoms in total. The summed E-state index contributed by atoms with van der Waals surface area (Å²) in [7, 11) is 2.16. The number of aliphatic hydroxyl groups excluding tert-OH is 1. The molecule has 1 atom stereocenters. The molecular formula is C12H24N2O2. The van der Waals surface area contributed by atoms with Crippen molar-refractivity contribution in [1.82, 2.24) is 9.80 Å². The number of aliphatic hydroxyl groups is 1. The molecule has 1 unspecified atom stereocenters. The Kier molecular flexibility index (Phi) is 4.58. The Morgan fingerprint density at radius 3 is 2.62 bits per heavy atom. The molecule has 2 fully saturated rings. The third-order valence-corrected chi connectivity index (χ3v) is 3.77. The molecule has 16 heavy (non-hydrogen) atoms. The number of rotatable bonds is 3. The number of hydrogen-bond donors (Lipinski definition) is 1. The van der Waals surface area contributed by atoms with Gasteiger partial charge in [-0.1, -0.05) is 0 Å². The van der Waals surface area contributed by atoms with Gasteiger partial charge in [0.15, 0.2) is 0 Å². The average Bonchev–Trinajstić information content (AvgIpc) is 2.30. The molecule has 4 heteroatoms. The molecule has 1 N–H and O–H groups in total. The molecule has 2 aliphatic rings. The highest BCUT2D eigenvalue weighted by atomic mass is 16.5. The summed E-state index contributed by atoms with van der Waals surface area (Å²) in [5.74, 6) is 0.534. The van der Waals surface area contributed by atoms with E-state index in [4.69, 9.17) is 9.84 Å². The second-order valence-electron chi connectivity index (χ2n) is 5.18. The van der Waals surface area contributed by atoms with Gasteiger partial charge in [-0.05, 0) is 38.9 Å². The molecule has 0 amide bonds. The van der Waals surface area contributed by atoms with Gasteiger partial charge in [-0.3, -0.25) is 0 Å². The number of likely N-dealkylation sites (tertiary alicyclic amines) is 1. The van der Waals surface area contributed by atoms with E-state index in [0.29, 0.717) is 18.6 Å². The second kappa shape index (κ2) is 5.96. The summed E-state index contributed by atoms with van der Waals surface area (Å²) in [6.45, 7) is 6.64. The summed E-state index contributed by atoms with van der Waals surface area (Å²) in [5.41, 5.74) is 0. The number of morpholine rings is 1. The Balaban J connectivity index is 1.69. The van der Waals surface area contributed by atoms with Crippen LogP contribution in [0.1, 0.15) is 12.8 Å². The van der Waals surface area contributed by atoms with E-state index in [9.17, 15) is 0 Å². The standard InChI is InChI=1S/C12H24N2O2/c1-13-6-7-16-12(8-13)9-14-4-2-11(10-15)3-5-14/h11-12,15H,2-10H2,1H3. The van der Waals surface area contributed by atoms with Crippen molar-refractivity contribution >= 4 is 0 Å². The summed E-state index contributed by atoms with van der Waals surface area (Å²) >= 11 is 0. The minimum absolute atomic E-state index is 0.358. The van der Waals surface area contributed by atoms with E-state index in [-0.39, 0.29) is 0 Å². The first-order valence-electron chi connectivity index (χ1n) is 6.41. The van der Waals surface area contributed by atoms with Gasteiger partial charge in [0.05, 0.1) is 12.7 Å². The van der Waals surface area contributed by atoms with Crippen LogP contribution < -0.4 is 0 Å². The molecule has 0 aliphatic carbocycles. The zero-order chi connectivity index (χ0) is 11.4. The van der Waals surface area contributed by atoms with Crippen LogP contribution in [0.15, 0.2) is 0 Å². The second-order valence-corrected chi connectivity index (χ2v) is 5.18. The lowest BCUT2D eigenvalue weighted by atomic mass is 9.97. The highest BCUT2D eigenvalue weighted by Gasteiger charge is 2.24. The van der Waals surface area contributed by atoms with Crippen LogP contribution in [0.25, 0.3) is 0 Å². The monoisotopic (exact) mass is 228 g/mol. The van der Waals surface area contributed by atoms with Crippen molar-refractivity contribution < 1.29 is 9.84 Å². The fourth-order valence-electron chi connectivity index (χ4n) is 2.62. The molecule has 0 bridgehead atoms. The van der Waals surface area contributed by atoms with Gasteiger partial charge >= 0.3 is 0 Å².